The summed E-state index contributed by atoms with van der Waals surface area (Å²) in [5.74, 6) is -0.0699. The Morgan fingerprint density at radius 2 is 1.96 bits per heavy atom. The summed E-state index contributed by atoms with van der Waals surface area (Å²) >= 11 is 6.13. The molecule has 1 heterocycles. The van der Waals surface area contributed by atoms with Gasteiger partial charge in [-0.25, -0.2) is 9.67 Å². The van der Waals surface area contributed by atoms with Gasteiger partial charge in [0.05, 0.1) is 11.7 Å². The Kier molecular flexibility index (Phi) is 5.72. The van der Waals surface area contributed by atoms with E-state index < -0.39 is 0 Å². The van der Waals surface area contributed by atoms with Crippen molar-refractivity contribution in [3.8, 4) is 5.69 Å². The lowest BCUT2D eigenvalue weighted by atomic mass is 10.1. The van der Waals surface area contributed by atoms with Gasteiger partial charge in [0.1, 0.15) is 12.7 Å². The normalized spacial score (nSPS) is 12.3. The summed E-state index contributed by atoms with van der Waals surface area (Å²) in [7, 11) is 1.80. The van der Waals surface area contributed by atoms with E-state index in [1.54, 1.807) is 35.1 Å². The topological polar surface area (TPSA) is 51.0 Å². The second-order valence-electron chi connectivity index (χ2n) is 6.40. The van der Waals surface area contributed by atoms with Gasteiger partial charge in [0.25, 0.3) is 0 Å². The van der Waals surface area contributed by atoms with E-state index in [2.05, 4.69) is 10.1 Å². The molecule has 0 aliphatic heterocycles. The minimum absolute atomic E-state index is 0.0615. The maximum atomic E-state index is 12.5. The first-order chi connectivity index (χ1) is 13.0. The zero-order valence-electron chi connectivity index (χ0n) is 15.5. The summed E-state index contributed by atoms with van der Waals surface area (Å²) in [5.41, 5.74) is 3.88. The van der Waals surface area contributed by atoms with Gasteiger partial charge < -0.3 is 4.90 Å². The predicted octanol–water partition coefficient (Wildman–Crippen LogP) is 4.46. The second kappa shape index (κ2) is 8.18. The van der Waals surface area contributed by atoms with E-state index in [4.69, 9.17) is 11.6 Å². The first-order valence-corrected chi connectivity index (χ1v) is 8.99. The number of hydrogen-bond acceptors (Lipinski definition) is 3. The van der Waals surface area contributed by atoms with E-state index in [-0.39, 0.29) is 11.9 Å². The number of nitrogens with zero attached hydrogens (tertiary/aromatic N) is 4. The van der Waals surface area contributed by atoms with E-state index in [9.17, 15) is 4.79 Å². The quantitative estimate of drug-likeness (QED) is 0.614. The average molecular weight is 381 g/mol. The van der Waals surface area contributed by atoms with Gasteiger partial charge in [0.2, 0.25) is 5.91 Å². The fourth-order valence-electron chi connectivity index (χ4n) is 2.66. The molecule has 0 aliphatic rings. The number of carbonyl (C=O) groups excluding carboxylic acids is 1. The highest BCUT2D eigenvalue weighted by Gasteiger charge is 2.15. The fraction of sp³-hybridized carbons (Fsp3) is 0.190. The zero-order valence-corrected chi connectivity index (χ0v) is 16.3. The molecule has 0 fully saturated rings. The Morgan fingerprint density at radius 3 is 2.59 bits per heavy atom. The van der Waals surface area contributed by atoms with Gasteiger partial charge >= 0.3 is 0 Å². The van der Waals surface area contributed by atoms with Crippen molar-refractivity contribution < 1.29 is 4.79 Å². The van der Waals surface area contributed by atoms with Crippen molar-refractivity contribution in [1.29, 1.82) is 0 Å². The monoisotopic (exact) mass is 380 g/mol. The van der Waals surface area contributed by atoms with Gasteiger partial charge in [0.15, 0.2) is 0 Å². The summed E-state index contributed by atoms with van der Waals surface area (Å²) in [5, 5.41) is 4.80. The van der Waals surface area contributed by atoms with Crippen molar-refractivity contribution in [2.24, 2.45) is 0 Å². The number of aromatic nitrogens is 3. The van der Waals surface area contributed by atoms with Crippen LogP contribution < -0.4 is 0 Å². The van der Waals surface area contributed by atoms with Crippen molar-refractivity contribution in [3.63, 3.8) is 0 Å². The third-order valence-corrected chi connectivity index (χ3v) is 5.01. The van der Waals surface area contributed by atoms with E-state index >= 15 is 0 Å². The molecule has 0 aliphatic carbocycles. The molecule has 1 amide bonds. The Labute approximate surface area is 163 Å². The smallest absolute Gasteiger partial charge is 0.246 e. The molecule has 2 aromatic carbocycles. The SMILES string of the molecule is Cc1ccc(/C=C/C(=O)N(C)[C@H](C)c2ccc(-n3cncn3)cc2)cc1Cl. The summed E-state index contributed by atoms with van der Waals surface area (Å²) in [6.07, 6.45) is 6.50. The fourth-order valence-corrected chi connectivity index (χ4v) is 2.85. The van der Waals surface area contributed by atoms with Gasteiger partial charge in [-0.3, -0.25) is 4.79 Å². The molecule has 0 saturated carbocycles. The number of amides is 1. The van der Waals surface area contributed by atoms with Crippen LogP contribution in [0.5, 0.6) is 0 Å². The molecular formula is C21H21ClN4O. The van der Waals surface area contributed by atoms with E-state index in [1.165, 1.54) is 6.33 Å². The van der Waals surface area contributed by atoms with Crippen LogP contribution >= 0.6 is 11.6 Å². The van der Waals surface area contributed by atoms with Crippen LogP contribution in [0.4, 0.5) is 0 Å². The molecule has 0 spiro atoms. The summed E-state index contributed by atoms with van der Waals surface area (Å²) in [6.45, 7) is 3.95. The summed E-state index contributed by atoms with van der Waals surface area (Å²) in [4.78, 5) is 18.2. The molecule has 0 bridgehead atoms. The maximum Gasteiger partial charge on any atom is 0.246 e. The van der Waals surface area contributed by atoms with Crippen molar-refractivity contribution >= 4 is 23.6 Å². The third kappa shape index (κ3) is 4.44. The van der Waals surface area contributed by atoms with Crippen molar-refractivity contribution in [3.05, 3.63) is 82.9 Å². The zero-order chi connectivity index (χ0) is 19.4. The predicted molar refractivity (Wildman–Crippen MR) is 108 cm³/mol. The van der Waals surface area contributed by atoms with Gasteiger partial charge in [-0.15, -0.1) is 0 Å². The first kappa shape index (κ1) is 18.9. The van der Waals surface area contributed by atoms with Crippen LogP contribution in [0.1, 0.15) is 29.7 Å². The first-order valence-electron chi connectivity index (χ1n) is 8.61. The van der Waals surface area contributed by atoms with Crippen LogP contribution in [-0.2, 0) is 4.79 Å². The minimum atomic E-state index is -0.0699. The minimum Gasteiger partial charge on any atom is -0.335 e. The molecule has 1 aromatic heterocycles. The van der Waals surface area contributed by atoms with Crippen molar-refractivity contribution in [2.75, 3.05) is 7.05 Å². The van der Waals surface area contributed by atoms with Crippen molar-refractivity contribution in [2.45, 2.75) is 19.9 Å². The molecule has 5 nitrogen and oxygen atoms in total. The van der Waals surface area contributed by atoms with E-state index in [1.807, 2.05) is 56.3 Å². The Bertz CT molecular complexity index is 949. The van der Waals surface area contributed by atoms with Gasteiger partial charge in [-0.1, -0.05) is 35.9 Å². The molecule has 27 heavy (non-hydrogen) atoms. The molecule has 0 N–H and O–H groups in total. The maximum absolute atomic E-state index is 12.5. The van der Waals surface area contributed by atoms with Crippen LogP contribution in [0, 0.1) is 6.92 Å². The molecule has 3 rings (SSSR count). The lowest BCUT2D eigenvalue weighted by Crippen LogP contribution is -2.27. The van der Waals surface area contributed by atoms with Crippen LogP contribution in [0.2, 0.25) is 5.02 Å². The van der Waals surface area contributed by atoms with Gasteiger partial charge in [0, 0.05) is 18.1 Å². The molecule has 1 atom stereocenters. The number of halogens is 1. The number of rotatable bonds is 5. The Hall–Kier alpha value is -2.92. The molecule has 6 heteroatoms. The van der Waals surface area contributed by atoms with Gasteiger partial charge in [-0.2, -0.15) is 5.10 Å². The molecule has 3 aromatic rings. The molecule has 0 unspecified atom stereocenters. The van der Waals surface area contributed by atoms with E-state index in [0.717, 1.165) is 22.4 Å². The lowest BCUT2D eigenvalue weighted by Gasteiger charge is -2.24. The van der Waals surface area contributed by atoms with Crippen LogP contribution in [-0.4, -0.2) is 32.6 Å². The van der Waals surface area contributed by atoms with E-state index in [0.29, 0.717) is 5.02 Å². The average Bonchev–Trinajstić information content (AvgIpc) is 3.22. The van der Waals surface area contributed by atoms with Crippen LogP contribution in [0.15, 0.2) is 61.2 Å². The lowest BCUT2D eigenvalue weighted by molar-refractivity contribution is -0.126. The summed E-state index contributed by atoms with van der Waals surface area (Å²) < 4.78 is 1.69. The number of aryl methyl sites for hydroxylation is 1. The highest BCUT2D eigenvalue weighted by Crippen LogP contribution is 2.21. The second-order valence-corrected chi connectivity index (χ2v) is 6.81. The molecular weight excluding hydrogens is 360 g/mol. The highest BCUT2D eigenvalue weighted by molar-refractivity contribution is 6.31. The number of likely N-dealkylation sites (N-methyl/N-ethyl adjacent to an activating group) is 1. The highest BCUT2D eigenvalue weighted by atomic mass is 35.5. The summed E-state index contributed by atoms with van der Waals surface area (Å²) in [6, 6.07) is 13.6. The number of carbonyl (C=O) groups is 1. The van der Waals surface area contributed by atoms with Crippen LogP contribution in [0.25, 0.3) is 11.8 Å². The van der Waals surface area contributed by atoms with Crippen LogP contribution in [0.3, 0.4) is 0 Å². The van der Waals surface area contributed by atoms with Crippen molar-refractivity contribution in [1.82, 2.24) is 19.7 Å². The molecule has 0 radical (unpaired) electrons. The molecule has 138 valence electrons. The Morgan fingerprint density at radius 1 is 1.22 bits per heavy atom. The largest absolute Gasteiger partial charge is 0.335 e. The molecule has 0 saturated heterocycles. The number of hydrogen-bond donors (Lipinski definition) is 0. The Balaban J connectivity index is 1.68. The standard InChI is InChI=1S/C21H21ClN4O/c1-15-4-5-17(12-20(15)22)6-11-21(27)25(3)16(2)18-7-9-19(10-8-18)26-14-23-13-24-26/h4-14,16H,1-3H3/b11-6+/t16-/m1/s1. The number of benzene rings is 2. The third-order valence-electron chi connectivity index (χ3n) is 4.60. The van der Waals surface area contributed by atoms with Gasteiger partial charge in [-0.05, 0) is 54.8 Å².